The first kappa shape index (κ1) is 61.7. The number of thioether (sulfide) groups is 1. The number of unbranched alkanes of at least 4 members (excludes halogenated alkanes) is 9. The summed E-state index contributed by atoms with van der Waals surface area (Å²) in [5, 5.41) is 19.4. The third kappa shape index (κ3) is 41.8. The largest absolute Gasteiger partial charge is 0.481 e. The van der Waals surface area contributed by atoms with Crippen LogP contribution in [0, 0.1) is 0 Å². The number of allylic oxidation sites excluding steroid dienone is 15. The lowest BCUT2D eigenvalue weighted by Crippen LogP contribution is -2.38. The van der Waals surface area contributed by atoms with E-state index in [1.165, 1.54) is 50.3 Å². The zero-order valence-electron chi connectivity index (χ0n) is 39.3. The molecule has 0 aromatic carbocycles. The number of carboxylic acid groups (broad SMARTS) is 1. The number of aliphatic hydroxyl groups is 1. The number of hydrogen-bond donors (Lipinski definition) is 5. The van der Waals surface area contributed by atoms with Gasteiger partial charge in [-0.25, -0.2) is 4.57 Å². The lowest BCUT2D eigenvalue weighted by molar-refractivity contribution is -0.161. The minimum atomic E-state index is -4.53. The molecule has 0 aromatic rings. The van der Waals surface area contributed by atoms with Crippen molar-refractivity contribution in [2.24, 2.45) is 11.5 Å². The van der Waals surface area contributed by atoms with Crippen LogP contribution < -0.4 is 11.5 Å². The van der Waals surface area contributed by atoms with Crippen LogP contribution in [0.2, 0.25) is 0 Å². The van der Waals surface area contributed by atoms with Crippen molar-refractivity contribution in [2.75, 3.05) is 32.1 Å². The number of esters is 2. The second-order valence-electron chi connectivity index (χ2n) is 15.5. The molecule has 7 N–H and O–H groups in total. The average Bonchev–Trinajstić information content (AvgIpc) is 3.28. The quantitative estimate of drug-likeness (QED) is 0.0126. The topological polar surface area (TPSA) is 218 Å². The number of carbonyl (C=O) groups is 3. The van der Waals surface area contributed by atoms with E-state index in [4.69, 9.17) is 35.1 Å². The molecule has 13 nitrogen and oxygen atoms in total. The van der Waals surface area contributed by atoms with Gasteiger partial charge in [0.25, 0.3) is 0 Å². The molecule has 15 heteroatoms. The molecule has 65 heavy (non-hydrogen) atoms. The molecular formula is C50H83N2O11PS. The maximum absolute atomic E-state index is 13.0. The molecule has 0 heterocycles. The normalized spacial score (nSPS) is 15.4. The van der Waals surface area contributed by atoms with Crippen LogP contribution in [-0.4, -0.2) is 88.6 Å². The molecule has 0 aliphatic carbocycles. The number of carboxylic acids is 1. The van der Waals surface area contributed by atoms with Crippen LogP contribution in [0.4, 0.5) is 0 Å². The summed E-state index contributed by atoms with van der Waals surface area (Å²) in [4.78, 5) is 46.8. The van der Waals surface area contributed by atoms with Gasteiger partial charge in [0.15, 0.2) is 6.10 Å². The molecule has 0 amide bonds. The van der Waals surface area contributed by atoms with E-state index in [0.29, 0.717) is 6.42 Å². The number of aliphatic hydroxyl groups excluding tert-OH is 1. The van der Waals surface area contributed by atoms with Gasteiger partial charge >= 0.3 is 25.7 Å². The van der Waals surface area contributed by atoms with Crippen LogP contribution in [0.5, 0.6) is 0 Å². The van der Waals surface area contributed by atoms with Crippen molar-refractivity contribution in [1.82, 2.24) is 0 Å². The van der Waals surface area contributed by atoms with Gasteiger partial charge in [0.05, 0.1) is 19.3 Å². The number of phosphoric ester groups is 1. The maximum atomic E-state index is 13.0. The van der Waals surface area contributed by atoms with Crippen LogP contribution in [0.3, 0.4) is 0 Å². The van der Waals surface area contributed by atoms with Crippen LogP contribution in [0.1, 0.15) is 142 Å². The van der Waals surface area contributed by atoms with Gasteiger partial charge < -0.3 is 36.0 Å². The van der Waals surface area contributed by atoms with Crippen molar-refractivity contribution in [3.05, 3.63) is 97.2 Å². The molecule has 5 atom stereocenters. The fourth-order valence-electron chi connectivity index (χ4n) is 5.76. The van der Waals surface area contributed by atoms with E-state index in [-0.39, 0.29) is 44.6 Å². The first-order valence-electron chi connectivity index (χ1n) is 23.7. The number of phosphoric acid groups is 1. The van der Waals surface area contributed by atoms with Gasteiger partial charge in [-0.1, -0.05) is 143 Å². The van der Waals surface area contributed by atoms with Gasteiger partial charge in [0, 0.05) is 30.4 Å². The van der Waals surface area contributed by atoms with Crippen LogP contribution in [0.15, 0.2) is 97.2 Å². The van der Waals surface area contributed by atoms with Gasteiger partial charge in [-0.3, -0.25) is 23.4 Å². The van der Waals surface area contributed by atoms with E-state index in [9.17, 15) is 28.9 Å². The first-order valence-corrected chi connectivity index (χ1v) is 26.2. The SMILES string of the molecule is CCCCC/C=C\C\C=C/C=C/C=C/[C@@H](SC[C@H](N)C(=O)OC[C@H](COP(=O)(O)OCCN)OC(=O)CCCCC/C=C\C/C=C\C/C=C\C/C=C\CCCCC)[C@@H](O)CCCC(=O)O. The maximum Gasteiger partial charge on any atom is 0.472 e. The van der Waals surface area contributed by atoms with Crippen molar-refractivity contribution in [1.29, 1.82) is 0 Å². The number of nitrogens with two attached hydrogens (primary N) is 2. The highest BCUT2D eigenvalue weighted by atomic mass is 32.2. The van der Waals surface area contributed by atoms with Gasteiger partial charge in [0.2, 0.25) is 0 Å². The van der Waals surface area contributed by atoms with Crippen LogP contribution in [-0.2, 0) is 37.5 Å². The van der Waals surface area contributed by atoms with Crippen LogP contribution >= 0.6 is 19.6 Å². The fraction of sp³-hybridized carbons (Fsp3) is 0.620. The second-order valence-corrected chi connectivity index (χ2v) is 18.1. The van der Waals surface area contributed by atoms with Gasteiger partial charge in [-0.15, -0.1) is 11.8 Å². The molecule has 0 bridgehead atoms. The predicted octanol–water partition coefficient (Wildman–Crippen LogP) is 10.7. The third-order valence-corrected chi connectivity index (χ3v) is 11.8. The number of rotatable bonds is 43. The van der Waals surface area contributed by atoms with Crippen molar-refractivity contribution in [2.45, 2.75) is 166 Å². The molecule has 0 rings (SSSR count). The Bertz CT molecular complexity index is 1510. The number of aliphatic carboxylic acids is 1. The molecule has 1 unspecified atom stereocenters. The number of hydrogen-bond acceptors (Lipinski definition) is 12. The summed E-state index contributed by atoms with van der Waals surface area (Å²) in [5.41, 5.74) is 11.5. The van der Waals surface area contributed by atoms with Crippen LogP contribution in [0.25, 0.3) is 0 Å². The van der Waals surface area contributed by atoms with E-state index in [0.717, 1.165) is 57.8 Å². The summed E-state index contributed by atoms with van der Waals surface area (Å²) >= 11 is 1.21. The molecule has 0 fully saturated rings. The molecule has 0 spiro atoms. The molecule has 0 saturated heterocycles. The summed E-state index contributed by atoms with van der Waals surface area (Å²) < 4.78 is 32.9. The van der Waals surface area contributed by atoms with Gasteiger partial charge in [0.1, 0.15) is 12.6 Å². The van der Waals surface area contributed by atoms with E-state index < -0.39 is 62.4 Å². The Morgan fingerprint density at radius 2 is 1.23 bits per heavy atom. The smallest absolute Gasteiger partial charge is 0.472 e. The monoisotopic (exact) mass is 951 g/mol. The summed E-state index contributed by atoms with van der Waals surface area (Å²) in [6.07, 6.45) is 47.6. The minimum absolute atomic E-state index is 0.0241. The molecule has 370 valence electrons. The van der Waals surface area contributed by atoms with E-state index in [1.807, 2.05) is 24.3 Å². The molecule has 0 aliphatic heterocycles. The zero-order valence-corrected chi connectivity index (χ0v) is 41.1. The highest BCUT2D eigenvalue weighted by Crippen LogP contribution is 2.43. The molecule has 0 saturated carbocycles. The Kier molecular flexibility index (Phi) is 42.2. The van der Waals surface area contributed by atoms with E-state index in [2.05, 4.69) is 74.6 Å². The molecule has 0 aliphatic rings. The third-order valence-electron chi connectivity index (χ3n) is 9.44. The van der Waals surface area contributed by atoms with E-state index >= 15 is 0 Å². The Hall–Kier alpha value is -3.33. The van der Waals surface area contributed by atoms with Crippen molar-refractivity contribution in [3.63, 3.8) is 0 Å². The lowest BCUT2D eigenvalue weighted by Gasteiger charge is -2.22. The predicted molar refractivity (Wildman–Crippen MR) is 266 cm³/mol. The highest BCUT2D eigenvalue weighted by molar-refractivity contribution is 8.00. The Morgan fingerprint density at radius 1 is 0.677 bits per heavy atom. The molecule has 0 aromatic heterocycles. The number of ether oxygens (including phenoxy) is 2. The Balaban J connectivity index is 5.05. The Labute approximate surface area is 395 Å². The average molecular weight is 951 g/mol. The van der Waals surface area contributed by atoms with Gasteiger partial charge in [-0.2, -0.15) is 0 Å². The van der Waals surface area contributed by atoms with Crippen molar-refractivity contribution >= 4 is 37.5 Å². The zero-order chi connectivity index (χ0) is 48.1. The summed E-state index contributed by atoms with van der Waals surface area (Å²) in [7, 11) is -4.53. The highest BCUT2D eigenvalue weighted by Gasteiger charge is 2.27. The fourth-order valence-corrected chi connectivity index (χ4v) is 7.65. The summed E-state index contributed by atoms with van der Waals surface area (Å²) in [6, 6.07) is -1.14. The van der Waals surface area contributed by atoms with E-state index in [1.54, 1.807) is 12.2 Å². The first-order chi connectivity index (χ1) is 31.4. The second kappa shape index (κ2) is 44.5. The minimum Gasteiger partial charge on any atom is -0.481 e. The van der Waals surface area contributed by atoms with Gasteiger partial charge in [-0.05, 0) is 83.5 Å². The summed E-state index contributed by atoms with van der Waals surface area (Å²) in [6.45, 7) is 3.04. The van der Waals surface area contributed by atoms with Crippen molar-refractivity contribution in [3.8, 4) is 0 Å². The standard InChI is InChI=1S/C50H83N2O11PS/c1-3-5-7-9-11-13-15-17-18-19-20-21-22-23-25-27-29-31-33-38-49(56)63-44(42-62-64(58,59)61-40-39-51)41-60-50(57)45(52)43-65-47(46(53)35-34-37-48(54)55)36-32-30-28-26-24-16-14-12-10-8-6-4-2/h11-14,17-18,20-21,23-26,28,30,32,36,44-47,53H,3-10,15-16,19,22,27,29,31,33-35,37-43,51-52H2,1-2H3,(H,54,55)(H,58,59)/b13-11-,14-12-,18-17-,21-20-,25-23-,26-24-,30-28+,36-32+/t44-,45+,46+,47-/m1/s1. The number of carbonyl (C=O) groups excluding carboxylic acids is 2. The summed E-state index contributed by atoms with van der Waals surface area (Å²) in [5.74, 6) is -2.33. The van der Waals surface area contributed by atoms with Crippen molar-refractivity contribution < 1.29 is 52.6 Å². The Morgan fingerprint density at radius 3 is 1.80 bits per heavy atom. The molecule has 0 radical (unpaired) electrons. The lowest BCUT2D eigenvalue weighted by atomic mass is 10.1. The molecular weight excluding hydrogens is 868 g/mol.